The molecule has 22 heavy (non-hydrogen) atoms. The molecule has 0 amide bonds. The van der Waals surface area contributed by atoms with Gasteiger partial charge in [-0.15, -0.1) is 0 Å². The number of para-hydroxylation sites is 1. The van der Waals surface area contributed by atoms with E-state index in [0.29, 0.717) is 0 Å². The molecule has 1 N–H and O–H groups in total. The minimum absolute atomic E-state index is 0.243. The van der Waals surface area contributed by atoms with Gasteiger partial charge in [-0.2, -0.15) is 0 Å². The molecule has 0 saturated carbocycles. The van der Waals surface area contributed by atoms with Crippen LogP contribution in [0.4, 0.5) is 0 Å². The molecule has 0 spiro atoms. The van der Waals surface area contributed by atoms with Gasteiger partial charge in [0.05, 0.1) is 13.2 Å². The first-order chi connectivity index (χ1) is 10.8. The van der Waals surface area contributed by atoms with Gasteiger partial charge in [0.25, 0.3) is 0 Å². The summed E-state index contributed by atoms with van der Waals surface area (Å²) in [6, 6.07) is 17.3. The first-order valence-corrected chi connectivity index (χ1v) is 7.74. The Balaban J connectivity index is 1.88. The third-order valence-corrected chi connectivity index (χ3v) is 4.68. The van der Waals surface area contributed by atoms with Crippen LogP contribution in [0.3, 0.4) is 0 Å². The van der Waals surface area contributed by atoms with Crippen LogP contribution < -0.4 is 10.1 Å². The quantitative estimate of drug-likeness (QED) is 0.780. The summed E-state index contributed by atoms with van der Waals surface area (Å²) in [7, 11) is 1.70. The Hall–Kier alpha value is -2.26. The fourth-order valence-electron chi connectivity index (χ4n) is 3.60. The van der Waals surface area contributed by atoms with Crippen LogP contribution in [0.2, 0.25) is 0 Å². The van der Waals surface area contributed by atoms with Gasteiger partial charge in [-0.1, -0.05) is 30.3 Å². The van der Waals surface area contributed by atoms with Gasteiger partial charge >= 0.3 is 0 Å². The first kappa shape index (κ1) is 13.4. The topological polar surface area (TPSA) is 26.2 Å². The Bertz CT molecular complexity index is 817. The number of benzene rings is 2. The Morgan fingerprint density at radius 3 is 2.64 bits per heavy atom. The maximum absolute atomic E-state index is 5.27. The molecule has 112 valence electrons. The van der Waals surface area contributed by atoms with Crippen molar-refractivity contribution in [2.75, 3.05) is 13.7 Å². The zero-order chi connectivity index (χ0) is 15.1. The lowest BCUT2D eigenvalue weighted by Crippen LogP contribution is -2.34. The molecule has 4 rings (SSSR count). The molecule has 2 heterocycles. The van der Waals surface area contributed by atoms with E-state index in [-0.39, 0.29) is 6.04 Å². The van der Waals surface area contributed by atoms with Crippen LogP contribution in [0.15, 0.2) is 48.5 Å². The Kier molecular flexibility index (Phi) is 3.16. The molecule has 0 fully saturated rings. The number of hydrogen-bond donors (Lipinski definition) is 1. The van der Waals surface area contributed by atoms with Gasteiger partial charge in [-0.05, 0) is 36.2 Å². The normalized spacial score (nSPS) is 17.5. The predicted molar refractivity (Wildman–Crippen MR) is 89.5 cm³/mol. The highest BCUT2D eigenvalue weighted by molar-refractivity contribution is 5.85. The van der Waals surface area contributed by atoms with E-state index in [1.54, 1.807) is 7.11 Å². The molecule has 3 heteroatoms. The van der Waals surface area contributed by atoms with E-state index in [1.165, 1.54) is 27.7 Å². The number of ether oxygens (including phenoxy) is 1. The van der Waals surface area contributed by atoms with Crippen LogP contribution in [0.1, 0.15) is 22.9 Å². The van der Waals surface area contributed by atoms with Crippen LogP contribution in [0.25, 0.3) is 10.9 Å². The van der Waals surface area contributed by atoms with Crippen molar-refractivity contribution < 1.29 is 4.74 Å². The Labute approximate surface area is 130 Å². The SMILES string of the molecule is COc1ccc(C2NCCn3c2c(C)c2ccccc23)cc1. The second-order valence-electron chi connectivity index (χ2n) is 5.84. The zero-order valence-corrected chi connectivity index (χ0v) is 13.0. The summed E-state index contributed by atoms with van der Waals surface area (Å²) in [6.45, 7) is 4.25. The van der Waals surface area contributed by atoms with Gasteiger partial charge in [0.15, 0.2) is 0 Å². The number of rotatable bonds is 2. The van der Waals surface area contributed by atoms with Crippen LogP contribution in [0, 0.1) is 6.92 Å². The van der Waals surface area contributed by atoms with Crippen LogP contribution >= 0.6 is 0 Å². The van der Waals surface area contributed by atoms with Gasteiger partial charge < -0.3 is 14.6 Å². The number of hydrogen-bond acceptors (Lipinski definition) is 2. The fourth-order valence-corrected chi connectivity index (χ4v) is 3.60. The van der Waals surface area contributed by atoms with Crippen molar-refractivity contribution >= 4 is 10.9 Å². The standard InChI is InChI=1S/C19H20N2O/c1-13-16-5-3-4-6-17(16)21-12-11-20-18(19(13)21)14-7-9-15(22-2)10-8-14/h3-10,18,20H,11-12H2,1-2H3. The average molecular weight is 292 g/mol. The molecule has 1 aliphatic heterocycles. The van der Waals surface area contributed by atoms with E-state index in [4.69, 9.17) is 4.74 Å². The molecule has 0 aliphatic carbocycles. The van der Waals surface area contributed by atoms with Crippen LogP contribution in [-0.4, -0.2) is 18.2 Å². The lowest BCUT2D eigenvalue weighted by Gasteiger charge is -2.28. The van der Waals surface area contributed by atoms with E-state index >= 15 is 0 Å². The minimum atomic E-state index is 0.243. The molecule has 0 radical (unpaired) electrons. The van der Waals surface area contributed by atoms with Crippen molar-refractivity contribution in [2.24, 2.45) is 0 Å². The summed E-state index contributed by atoms with van der Waals surface area (Å²) in [4.78, 5) is 0. The van der Waals surface area contributed by atoms with Crippen LogP contribution in [0.5, 0.6) is 5.75 Å². The number of methoxy groups -OCH3 is 1. The number of nitrogens with zero attached hydrogens (tertiary/aromatic N) is 1. The summed E-state index contributed by atoms with van der Waals surface area (Å²) >= 11 is 0. The maximum atomic E-state index is 5.27. The molecule has 1 aliphatic rings. The molecule has 1 aromatic heterocycles. The molecule has 3 nitrogen and oxygen atoms in total. The third kappa shape index (κ3) is 1.93. The lowest BCUT2D eigenvalue weighted by atomic mass is 9.99. The summed E-state index contributed by atoms with van der Waals surface area (Å²) in [6.07, 6.45) is 0. The largest absolute Gasteiger partial charge is 0.497 e. The lowest BCUT2D eigenvalue weighted by molar-refractivity contribution is 0.414. The Morgan fingerprint density at radius 2 is 1.86 bits per heavy atom. The molecule has 0 bridgehead atoms. The highest BCUT2D eigenvalue weighted by Crippen LogP contribution is 2.35. The van der Waals surface area contributed by atoms with Gasteiger partial charge in [0.1, 0.15) is 5.75 Å². The summed E-state index contributed by atoms with van der Waals surface area (Å²) < 4.78 is 7.74. The van der Waals surface area contributed by atoms with Gasteiger partial charge in [0, 0.05) is 29.7 Å². The molecule has 1 unspecified atom stereocenters. The summed E-state index contributed by atoms with van der Waals surface area (Å²) in [5.41, 5.74) is 5.39. The van der Waals surface area contributed by atoms with Crippen molar-refractivity contribution in [3.05, 3.63) is 65.4 Å². The number of aromatic nitrogens is 1. The highest BCUT2D eigenvalue weighted by Gasteiger charge is 2.26. The second-order valence-corrected chi connectivity index (χ2v) is 5.84. The predicted octanol–water partition coefficient (Wildman–Crippen LogP) is 3.65. The molecule has 0 saturated heterocycles. The van der Waals surface area contributed by atoms with Crippen molar-refractivity contribution in [3.8, 4) is 5.75 Å². The van der Waals surface area contributed by atoms with E-state index in [9.17, 15) is 0 Å². The van der Waals surface area contributed by atoms with Crippen molar-refractivity contribution in [3.63, 3.8) is 0 Å². The molecular formula is C19H20N2O. The van der Waals surface area contributed by atoms with Crippen LogP contribution in [-0.2, 0) is 6.54 Å². The van der Waals surface area contributed by atoms with Crippen molar-refractivity contribution in [1.82, 2.24) is 9.88 Å². The van der Waals surface area contributed by atoms with Gasteiger partial charge in [-0.25, -0.2) is 0 Å². The third-order valence-electron chi connectivity index (χ3n) is 4.68. The molecule has 1 atom stereocenters. The molecule has 2 aromatic carbocycles. The number of nitrogens with one attached hydrogen (secondary N) is 1. The highest BCUT2D eigenvalue weighted by atomic mass is 16.5. The smallest absolute Gasteiger partial charge is 0.118 e. The van der Waals surface area contributed by atoms with E-state index in [2.05, 4.69) is 53.2 Å². The number of aryl methyl sites for hydroxylation is 1. The molecule has 3 aromatic rings. The van der Waals surface area contributed by atoms with E-state index in [1.807, 2.05) is 12.1 Å². The van der Waals surface area contributed by atoms with Gasteiger partial charge in [-0.3, -0.25) is 0 Å². The van der Waals surface area contributed by atoms with E-state index < -0.39 is 0 Å². The summed E-state index contributed by atoms with van der Waals surface area (Å²) in [5.74, 6) is 0.900. The van der Waals surface area contributed by atoms with Crippen molar-refractivity contribution in [2.45, 2.75) is 19.5 Å². The Morgan fingerprint density at radius 1 is 1.09 bits per heavy atom. The minimum Gasteiger partial charge on any atom is -0.497 e. The number of fused-ring (bicyclic) bond motifs is 3. The fraction of sp³-hybridized carbons (Fsp3) is 0.263. The average Bonchev–Trinajstić information content (AvgIpc) is 2.89. The zero-order valence-electron chi connectivity index (χ0n) is 13.0. The second kappa shape index (κ2) is 5.18. The van der Waals surface area contributed by atoms with E-state index in [0.717, 1.165) is 18.8 Å². The van der Waals surface area contributed by atoms with Gasteiger partial charge in [0.2, 0.25) is 0 Å². The monoisotopic (exact) mass is 292 g/mol. The van der Waals surface area contributed by atoms with Crippen molar-refractivity contribution in [1.29, 1.82) is 0 Å². The first-order valence-electron chi connectivity index (χ1n) is 7.74. The molecular weight excluding hydrogens is 272 g/mol. The maximum Gasteiger partial charge on any atom is 0.118 e. The summed E-state index contributed by atoms with van der Waals surface area (Å²) in [5, 5.41) is 5.03.